The van der Waals surface area contributed by atoms with Gasteiger partial charge in [0.05, 0.1) is 11.4 Å². The van der Waals surface area contributed by atoms with Gasteiger partial charge in [0.15, 0.2) is 0 Å². The highest BCUT2D eigenvalue weighted by molar-refractivity contribution is 6.26. The second-order valence-electron chi connectivity index (χ2n) is 16.2. The van der Waals surface area contributed by atoms with Crippen molar-refractivity contribution in [3.8, 4) is 44.9 Å². The van der Waals surface area contributed by atoms with Crippen LogP contribution in [0.3, 0.4) is 0 Å². The average molecular weight is 823 g/mol. The van der Waals surface area contributed by atoms with Crippen LogP contribution in [0.25, 0.3) is 65.7 Å². The molecule has 0 fully saturated rings. The number of para-hydroxylation sites is 3. The van der Waals surface area contributed by atoms with Gasteiger partial charge in [-0.15, -0.1) is 0 Å². The Morgan fingerprint density at radius 1 is 0.312 bits per heavy atom. The number of rotatable bonds is 8. The molecule has 4 heteroatoms. The van der Waals surface area contributed by atoms with Gasteiger partial charge in [0.25, 0.3) is 0 Å². The molecule has 0 saturated heterocycles. The minimum atomic E-state index is -0.312. The summed E-state index contributed by atoms with van der Waals surface area (Å²) < 4.78 is 24.5. The van der Waals surface area contributed by atoms with Gasteiger partial charge in [-0.3, -0.25) is 0 Å². The Balaban J connectivity index is 1.09. The zero-order valence-electron chi connectivity index (χ0n) is 34.7. The van der Waals surface area contributed by atoms with Crippen molar-refractivity contribution in [3.63, 3.8) is 0 Å². The van der Waals surface area contributed by atoms with Crippen LogP contribution in [0.15, 0.2) is 237 Å². The number of hydrogen-bond donors (Lipinski definition) is 0. The maximum atomic E-state index is 17.6. The van der Waals surface area contributed by atoms with Crippen LogP contribution in [-0.2, 0) is 0 Å². The fourth-order valence-electron chi connectivity index (χ4n) is 9.59. The Morgan fingerprint density at radius 3 is 1.52 bits per heavy atom. The van der Waals surface area contributed by atoms with Crippen molar-refractivity contribution in [1.29, 1.82) is 0 Å². The van der Waals surface area contributed by atoms with Gasteiger partial charge in [-0.25, -0.2) is 4.39 Å². The Kier molecular flexibility index (Phi) is 9.01. The fraction of sp³-hybridized carbons (Fsp3) is 0. The van der Waals surface area contributed by atoms with E-state index in [1.165, 1.54) is 0 Å². The first kappa shape index (κ1) is 37.3. The SMILES string of the molecule is Fc1cc(-c2ccccc2)cc(-c2ccccc2)c1N(c1ccccc1)c1cc2c3cccc4c3c(cc2c2ccccc12)-c1ccc(N(c2ccccc2)c2ccccc2)cc1O4. The molecule has 11 aromatic rings. The van der Waals surface area contributed by atoms with E-state index in [9.17, 15) is 0 Å². The van der Waals surface area contributed by atoms with Crippen LogP contribution in [0, 0.1) is 5.82 Å². The molecule has 0 saturated carbocycles. The molecule has 1 aliphatic rings. The predicted molar refractivity (Wildman–Crippen MR) is 265 cm³/mol. The van der Waals surface area contributed by atoms with Crippen LogP contribution in [0.2, 0.25) is 0 Å². The lowest BCUT2D eigenvalue weighted by atomic mass is 9.88. The number of anilines is 6. The van der Waals surface area contributed by atoms with Crippen LogP contribution in [-0.4, -0.2) is 0 Å². The first-order chi connectivity index (χ1) is 31.7. The summed E-state index contributed by atoms with van der Waals surface area (Å²) in [7, 11) is 0. The van der Waals surface area contributed by atoms with Crippen molar-refractivity contribution in [2.75, 3.05) is 9.80 Å². The molecule has 0 radical (unpaired) electrons. The highest BCUT2D eigenvalue weighted by Crippen LogP contribution is 2.53. The van der Waals surface area contributed by atoms with Gasteiger partial charge < -0.3 is 14.5 Å². The number of fused-ring (bicyclic) bond motifs is 6. The molecule has 0 amide bonds. The van der Waals surface area contributed by atoms with Crippen molar-refractivity contribution in [3.05, 3.63) is 242 Å². The number of hydrogen-bond acceptors (Lipinski definition) is 3. The van der Waals surface area contributed by atoms with E-state index >= 15 is 4.39 Å². The number of nitrogens with zero attached hydrogens (tertiary/aromatic N) is 2. The second-order valence-corrected chi connectivity index (χ2v) is 16.2. The molecule has 0 unspecified atom stereocenters. The highest BCUT2D eigenvalue weighted by atomic mass is 19.1. The van der Waals surface area contributed by atoms with E-state index in [2.05, 4.69) is 161 Å². The molecule has 0 N–H and O–H groups in total. The smallest absolute Gasteiger partial charge is 0.148 e. The maximum absolute atomic E-state index is 17.6. The molecule has 0 atom stereocenters. The van der Waals surface area contributed by atoms with Gasteiger partial charge in [-0.2, -0.15) is 0 Å². The lowest BCUT2D eigenvalue weighted by Crippen LogP contribution is -2.14. The standard InChI is InChI=1S/C60H39FN2O/c61-55-36-42(40-19-6-1-7-20-40)35-51(41-21-8-2-9-22-41)60(55)63(45-27-14-5-15-28-45)56-39-53-50-31-18-32-57-59(50)54(38-52(53)47-29-16-17-30-48(47)56)49-34-33-46(37-58(49)64-57)62(43-23-10-3-11-24-43)44-25-12-4-13-26-44/h1-39H. The van der Waals surface area contributed by atoms with E-state index in [1.54, 1.807) is 6.07 Å². The summed E-state index contributed by atoms with van der Waals surface area (Å²) in [5.74, 6) is 1.29. The molecule has 1 heterocycles. The molecular weight excluding hydrogens is 784 g/mol. The fourth-order valence-corrected chi connectivity index (χ4v) is 9.59. The van der Waals surface area contributed by atoms with Crippen LogP contribution >= 0.6 is 0 Å². The predicted octanol–water partition coefficient (Wildman–Crippen LogP) is 17.3. The maximum Gasteiger partial charge on any atom is 0.148 e. The van der Waals surface area contributed by atoms with Gasteiger partial charge in [0.1, 0.15) is 17.3 Å². The highest BCUT2D eigenvalue weighted by Gasteiger charge is 2.28. The third-order valence-electron chi connectivity index (χ3n) is 12.4. The van der Waals surface area contributed by atoms with E-state index in [0.717, 1.165) is 106 Å². The van der Waals surface area contributed by atoms with Gasteiger partial charge >= 0.3 is 0 Å². The van der Waals surface area contributed by atoms with Crippen molar-refractivity contribution < 1.29 is 9.13 Å². The molecule has 12 rings (SSSR count). The summed E-state index contributed by atoms with van der Waals surface area (Å²) in [4.78, 5) is 4.37. The second kappa shape index (κ2) is 15.5. The van der Waals surface area contributed by atoms with Crippen LogP contribution in [0.4, 0.5) is 38.5 Å². The average Bonchev–Trinajstić information content (AvgIpc) is 3.36. The molecule has 302 valence electrons. The van der Waals surface area contributed by atoms with Crippen molar-refractivity contribution in [1.82, 2.24) is 0 Å². The minimum absolute atomic E-state index is 0.312. The monoisotopic (exact) mass is 822 g/mol. The Bertz CT molecular complexity index is 3490. The van der Waals surface area contributed by atoms with E-state index in [0.29, 0.717) is 5.69 Å². The number of ether oxygens (including phenoxy) is 1. The van der Waals surface area contributed by atoms with E-state index in [-0.39, 0.29) is 5.82 Å². The number of benzene rings is 11. The summed E-state index contributed by atoms with van der Waals surface area (Å²) in [5.41, 5.74) is 11.0. The van der Waals surface area contributed by atoms with Crippen molar-refractivity contribution in [2.45, 2.75) is 0 Å². The first-order valence-electron chi connectivity index (χ1n) is 21.6. The normalized spacial score (nSPS) is 11.6. The minimum Gasteiger partial charge on any atom is -0.456 e. The van der Waals surface area contributed by atoms with Gasteiger partial charge in [0, 0.05) is 50.7 Å². The molecule has 0 spiro atoms. The summed E-state index contributed by atoms with van der Waals surface area (Å²) in [5, 5.41) is 6.37. The van der Waals surface area contributed by atoms with Crippen LogP contribution < -0.4 is 14.5 Å². The lowest BCUT2D eigenvalue weighted by molar-refractivity contribution is 0.487. The van der Waals surface area contributed by atoms with E-state index in [1.807, 2.05) is 78.9 Å². The van der Waals surface area contributed by atoms with E-state index < -0.39 is 0 Å². The quantitative estimate of drug-likeness (QED) is 0.142. The molecule has 0 bridgehead atoms. The largest absolute Gasteiger partial charge is 0.456 e. The summed E-state index contributed by atoms with van der Waals surface area (Å²) in [6, 6.07) is 81.0. The third-order valence-corrected chi connectivity index (χ3v) is 12.4. The number of halogens is 1. The Labute approximate surface area is 371 Å². The lowest BCUT2D eigenvalue weighted by Gasteiger charge is -2.31. The van der Waals surface area contributed by atoms with E-state index in [4.69, 9.17) is 4.74 Å². The molecule has 11 aromatic carbocycles. The molecular formula is C60H39FN2O. The summed E-state index contributed by atoms with van der Waals surface area (Å²) >= 11 is 0. The van der Waals surface area contributed by atoms with Crippen LogP contribution in [0.5, 0.6) is 11.5 Å². The van der Waals surface area contributed by atoms with Gasteiger partial charge in [0.2, 0.25) is 0 Å². The first-order valence-corrected chi connectivity index (χ1v) is 21.6. The third kappa shape index (κ3) is 6.27. The molecule has 0 aromatic heterocycles. The summed E-state index contributed by atoms with van der Waals surface area (Å²) in [6.07, 6.45) is 0. The van der Waals surface area contributed by atoms with Crippen LogP contribution in [0.1, 0.15) is 0 Å². The zero-order valence-corrected chi connectivity index (χ0v) is 34.7. The van der Waals surface area contributed by atoms with Gasteiger partial charge in [-0.05, 0) is 123 Å². The van der Waals surface area contributed by atoms with Crippen molar-refractivity contribution in [2.24, 2.45) is 0 Å². The Hall–Kier alpha value is -8.47. The summed E-state index contributed by atoms with van der Waals surface area (Å²) in [6.45, 7) is 0. The molecule has 3 nitrogen and oxygen atoms in total. The Morgan fingerprint density at radius 2 is 0.859 bits per heavy atom. The topological polar surface area (TPSA) is 15.7 Å². The molecule has 64 heavy (non-hydrogen) atoms. The van der Waals surface area contributed by atoms with Crippen molar-refractivity contribution >= 4 is 66.4 Å². The zero-order chi connectivity index (χ0) is 42.6. The molecule has 0 aliphatic carbocycles. The molecule has 1 aliphatic heterocycles. The van der Waals surface area contributed by atoms with Gasteiger partial charge in [-0.1, -0.05) is 152 Å².